The van der Waals surface area contributed by atoms with Gasteiger partial charge in [0.2, 0.25) is 0 Å². The number of nitrogens with zero attached hydrogens (tertiary/aromatic N) is 5. The first-order valence-electron chi connectivity index (χ1n) is 17.5. The van der Waals surface area contributed by atoms with Gasteiger partial charge in [0.1, 0.15) is 17.0 Å². The number of carbonyl (C=O) groups excluding carboxylic acids is 2. The Morgan fingerprint density at radius 1 is 0.722 bits per heavy atom. The molecule has 5 N–H and O–H groups in total. The number of aliphatic hydroxyl groups excluding tert-OH is 1. The third kappa shape index (κ3) is 13.7. The minimum absolute atomic E-state index is 0.273. The number of halogens is 1. The predicted octanol–water partition coefficient (Wildman–Crippen LogP) is 7.23. The molecular formula is C40H52ClN7O6. The number of fused-ring (bicyclic) bond motifs is 2. The molecule has 0 radical (unpaired) electrons. The maximum atomic E-state index is 12.4. The molecule has 0 bridgehead atoms. The van der Waals surface area contributed by atoms with E-state index in [2.05, 4.69) is 41.0 Å². The number of nitrogens with two attached hydrogens (primary N) is 1. The second-order valence-electron chi connectivity index (χ2n) is 14.2. The number of anilines is 1. The molecular weight excluding hydrogens is 710 g/mol. The fraction of sp³-hybridized carbons (Fsp3) is 0.375. The van der Waals surface area contributed by atoms with Crippen LogP contribution in [0.25, 0.3) is 0 Å². The number of aliphatic hydroxyl groups is 1. The molecule has 4 aromatic rings. The van der Waals surface area contributed by atoms with Crippen LogP contribution in [-0.4, -0.2) is 79.4 Å². The summed E-state index contributed by atoms with van der Waals surface area (Å²) >= 11 is 4.30. The lowest BCUT2D eigenvalue weighted by Crippen LogP contribution is -2.40. The molecule has 0 unspecified atom stereocenters. The number of rotatable bonds is 3. The van der Waals surface area contributed by atoms with Crippen LogP contribution >= 0.6 is 11.8 Å². The Balaban J connectivity index is 0.000000289. The summed E-state index contributed by atoms with van der Waals surface area (Å²) in [5, 5.41) is 14.1. The van der Waals surface area contributed by atoms with Gasteiger partial charge in [0, 0.05) is 67.3 Å². The number of aromatic nitrogens is 2. The van der Waals surface area contributed by atoms with Crippen LogP contribution in [0.3, 0.4) is 0 Å². The first-order chi connectivity index (χ1) is 25.7. The number of nitrogens with one attached hydrogen (secondary N) is 1. The highest BCUT2D eigenvalue weighted by atomic mass is 35.5. The van der Waals surface area contributed by atoms with Crippen molar-refractivity contribution >= 4 is 41.3 Å². The Morgan fingerprint density at radius 2 is 1.13 bits per heavy atom. The third-order valence-corrected chi connectivity index (χ3v) is 7.73. The lowest BCUT2D eigenvalue weighted by molar-refractivity contribution is 0.0212. The van der Waals surface area contributed by atoms with Gasteiger partial charge < -0.3 is 35.3 Å². The monoisotopic (exact) mass is 761 g/mol. The van der Waals surface area contributed by atoms with E-state index in [1.807, 2.05) is 96.1 Å². The van der Waals surface area contributed by atoms with Crippen molar-refractivity contribution in [3.8, 4) is 0 Å². The van der Waals surface area contributed by atoms with E-state index >= 15 is 0 Å². The van der Waals surface area contributed by atoms with E-state index in [1.165, 1.54) is 5.00 Å². The zero-order chi connectivity index (χ0) is 39.9. The van der Waals surface area contributed by atoms with Crippen LogP contribution in [0, 0.1) is 0 Å². The number of pyridine rings is 2. The van der Waals surface area contributed by atoms with Gasteiger partial charge in [-0.25, -0.2) is 24.5 Å². The highest BCUT2D eigenvalue weighted by Gasteiger charge is 2.27. The van der Waals surface area contributed by atoms with Crippen molar-refractivity contribution in [1.29, 1.82) is 0 Å². The number of nitrogen functional groups attached to an aromatic ring is 1. The normalized spacial score (nSPS) is 13.1. The standard InChI is InChI=1S/C26H27N3O2.C13H19N3O2.CH4O.ClH2NO/c1-26(2,3)31-25(30)29-17-16-22-21(18-29)14-15-23(27-22)28-24(19-10-6-4-7-11-19)20-12-8-5-9-13-20;1-13(2,3)18-12(17)16-7-6-10-9(8-16)4-5-11(14)15-10;1-2;1-2-3/h4-15H,16-18H2,1-3H3;4-5H,6-8H2,1-3H3,(H2,14,15);2H,1H3;2-3H. The molecule has 54 heavy (non-hydrogen) atoms. The quantitative estimate of drug-likeness (QED) is 0.0947. The molecule has 0 saturated heterocycles. The van der Waals surface area contributed by atoms with E-state index in [0.29, 0.717) is 44.2 Å². The van der Waals surface area contributed by atoms with Crippen molar-refractivity contribution in [3.63, 3.8) is 0 Å². The second-order valence-corrected chi connectivity index (χ2v) is 14.4. The summed E-state index contributed by atoms with van der Waals surface area (Å²) < 4.78 is 10.9. The van der Waals surface area contributed by atoms with E-state index in [4.69, 9.17) is 35.5 Å². The molecule has 13 nitrogen and oxygen atoms in total. The fourth-order valence-electron chi connectivity index (χ4n) is 5.47. The molecule has 2 aliphatic rings. The van der Waals surface area contributed by atoms with E-state index in [9.17, 15) is 9.59 Å². The van der Waals surface area contributed by atoms with Crippen LogP contribution < -0.4 is 10.7 Å². The summed E-state index contributed by atoms with van der Waals surface area (Å²) in [5.74, 6) is 1.20. The van der Waals surface area contributed by atoms with Crippen LogP contribution in [0.5, 0.6) is 0 Å². The number of aliphatic imine (C=N–C) groups is 1. The van der Waals surface area contributed by atoms with E-state index in [0.717, 1.165) is 52.9 Å². The molecule has 0 aliphatic carbocycles. The van der Waals surface area contributed by atoms with E-state index < -0.39 is 11.2 Å². The number of carbonyl (C=O) groups is 2. The Hall–Kier alpha value is -5.08. The van der Waals surface area contributed by atoms with Crippen LogP contribution in [-0.2, 0) is 35.4 Å². The summed E-state index contributed by atoms with van der Waals surface area (Å²) in [6.45, 7) is 13.5. The van der Waals surface area contributed by atoms with Gasteiger partial charge in [-0.1, -0.05) is 72.8 Å². The number of benzene rings is 2. The van der Waals surface area contributed by atoms with Crippen molar-refractivity contribution in [2.45, 2.75) is 78.7 Å². The van der Waals surface area contributed by atoms with E-state index in [-0.39, 0.29) is 12.2 Å². The van der Waals surface area contributed by atoms with Gasteiger partial charge in [-0.15, -0.1) is 5.00 Å². The second kappa shape index (κ2) is 20.4. The first-order valence-corrected chi connectivity index (χ1v) is 17.9. The van der Waals surface area contributed by atoms with Crippen molar-refractivity contribution in [1.82, 2.24) is 24.8 Å². The maximum Gasteiger partial charge on any atom is 0.410 e. The molecule has 6 rings (SSSR count). The lowest BCUT2D eigenvalue weighted by atomic mass is 10.0. The van der Waals surface area contributed by atoms with Gasteiger partial charge in [0.15, 0.2) is 5.82 Å². The Labute approximate surface area is 322 Å². The minimum atomic E-state index is -0.501. The lowest BCUT2D eigenvalue weighted by Gasteiger charge is -2.30. The Morgan fingerprint density at radius 3 is 1.56 bits per heavy atom. The summed E-state index contributed by atoms with van der Waals surface area (Å²) in [7, 11) is 1.00. The molecule has 0 saturated carbocycles. The summed E-state index contributed by atoms with van der Waals surface area (Å²) in [6, 6.07) is 27.9. The first kappa shape index (κ1) is 43.3. The Kier molecular flexibility index (Phi) is 16.4. The highest BCUT2D eigenvalue weighted by molar-refractivity contribution is 6.13. The number of amides is 2. The largest absolute Gasteiger partial charge is 0.444 e. The van der Waals surface area contributed by atoms with Crippen LogP contribution in [0.1, 0.15) is 75.2 Å². The van der Waals surface area contributed by atoms with Crippen LogP contribution in [0.4, 0.5) is 21.2 Å². The third-order valence-electron chi connectivity index (χ3n) is 7.73. The van der Waals surface area contributed by atoms with Crippen molar-refractivity contribution in [3.05, 3.63) is 119 Å². The highest BCUT2D eigenvalue weighted by Crippen LogP contribution is 2.24. The molecule has 0 spiro atoms. The number of hydrogen-bond acceptors (Lipinski definition) is 11. The van der Waals surface area contributed by atoms with Crippen molar-refractivity contribution in [2.24, 2.45) is 4.99 Å². The van der Waals surface area contributed by atoms with Gasteiger partial charge in [0.25, 0.3) is 0 Å². The van der Waals surface area contributed by atoms with Gasteiger partial charge in [-0.05, 0) is 64.8 Å². The zero-order valence-corrected chi connectivity index (χ0v) is 32.8. The Bertz CT molecular complexity index is 1790. The topological polar surface area (TPSA) is 176 Å². The maximum absolute atomic E-state index is 12.4. The summed E-state index contributed by atoms with van der Waals surface area (Å²) in [6.07, 6.45) is 0.851. The van der Waals surface area contributed by atoms with Gasteiger partial charge >= 0.3 is 12.2 Å². The smallest absolute Gasteiger partial charge is 0.410 e. The van der Waals surface area contributed by atoms with Crippen LogP contribution in [0.2, 0.25) is 0 Å². The average molecular weight is 762 g/mol. The molecule has 4 heterocycles. The average Bonchev–Trinajstić information content (AvgIpc) is 3.14. The molecule has 2 aromatic heterocycles. The molecule has 14 heteroatoms. The van der Waals surface area contributed by atoms with Crippen molar-refractivity contribution < 1.29 is 29.4 Å². The predicted molar refractivity (Wildman–Crippen MR) is 211 cm³/mol. The van der Waals surface area contributed by atoms with Gasteiger partial charge in [-0.3, -0.25) is 0 Å². The molecule has 2 aromatic carbocycles. The number of ether oxygens (including phenoxy) is 2. The molecule has 0 atom stereocenters. The van der Waals surface area contributed by atoms with Crippen molar-refractivity contribution in [2.75, 3.05) is 25.9 Å². The minimum Gasteiger partial charge on any atom is -0.444 e. The molecule has 2 aliphatic heterocycles. The zero-order valence-electron chi connectivity index (χ0n) is 32.0. The molecule has 0 fully saturated rings. The number of hydrogen-bond donors (Lipinski definition) is 4. The summed E-state index contributed by atoms with van der Waals surface area (Å²) in [5.41, 5.74) is 11.7. The van der Waals surface area contributed by atoms with E-state index in [1.54, 1.807) is 15.9 Å². The summed E-state index contributed by atoms with van der Waals surface area (Å²) in [4.78, 5) is 43.0. The van der Waals surface area contributed by atoms with Gasteiger partial charge in [-0.2, -0.15) is 0 Å². The SMILES string of the molecule is CC(C)(C)OC(=O)N1CCc2nc(N)ccc2C1.CC(C)(C)OC(=O)N1CCc2nc(N=C(c3ccccc3)c3ccccc3)ccc2C1.CO.ONCl. The molecule has 2 amide bonds. The van der Waals surface area contributed by atoms with Crippen LogP contribution in [0.15, 0.2) is 89.9 Å². The van der Waals surface area contributed by atoms with Gasteiger partial charge in [0.05, 0.1) is 18.8 Å². The fourth-order valence-corrected chi connectivity index (χ4v) is 5.47. The molecule has 290 valence electrons.